The summed E-state index contributed by atoms with van der Waals surface area (Å²) in [5.41, 5.74) is 10.2. The number of ether oxygens (including phenoxy) is 1. The van der Waals surface area contributed by atoms with Gasteiger partial charge in [0.25, 0.3) is 0 Å². The maximum atomic E-state index is 12.4. The maximum Gasteiger partial charge on any atom is 0.241 e. The summed E-state index contributed by atoms with van der Waals surface area (Å²) in [6.07, 6.45) is 1.68. The Morgan fingerprint density at radius 3 is 2.70 bits per heavy atom. The highest BCUT2D eigenvalue weighted by atomic mass is 32.1. The van der Waals surface area contributed by atoms with Gasteiger partial charge < -0.3 is 15.8 Å². The lowest BCUT2D eigenvalue weighted by atomic mass is 9.92. The normalized spacial score (nSPS) is 16.4. The number of thiazole rings is 1. The fourth-order valence-corrected chi connectivity index (χ4v) is 4.44. The van der Waals surface area contributed by atoms with Gasteiger partial charge in [0.2, 0.25) is 5.91 Å². The van der Waals surface area contributed by atoms with Crippen LogP contribution in [0.15, 0.2) is 42.5 Å². The highest BCUT2D eigenvalue weighted by Crippen LogP contribution is 2.31. The van der Waals surface area contributed by atoms with Crippen LogP contribution in [-0.2, 0) is 9.53 Å². The Morgan fingerprint density at radius 1 is 1.22 bits per heavy atom. The Balaban J connectivity index is 1.45. The number of aryl methyl sites for hydroxylation is 1. The third kappa shape index (κ3) is 4.03. The van der Waals surface area contributed by atoms with Crippen molar-refractivity contribution in [1.82, 2.24) is 4.98 Å². The summed E-state index contributed by atoms with van der Waals surface area (Å²) in [6, 6.07) is 13.6. The Hall–Kier alpha value is -2.28. The van der Waals surface area contributed by atoms with Crippen LogP contribution in [-0.4, -0.2) is 30.1 Å². The van der Waals surface area contributed by atoms with E-state index in [1.54, 1.807) is 11.3 Å². The van der Waals surface area contributed by atoms with Crippen molar-refractivity contribution in [3.63, 3.8) is 0 Å². The summed E-state index contributed by atoms with van der Waals surface area (Å²) in [4.78, 5) is 17.1. The molecule has 2 heterocycles. The van der Waals surface area contributed by atoms with Crippen LogP contribution in [0.1, 0.15) is 18.4 Å². The summed E-state index contributed by atoms with van der Waals surface area (Å²) in [6.45, 7) is 3.45. The number of benzene rings is 2. The third-order valence-electron chi connectivity index (χ3n) is 5.02. The van der Waals surface area contributed by atoms with Gasteiger partial charge in [-0.05, 0) is 67.6 Å². The van der Waals surface area contributed by atoms with E-state index < -0.39 is 6.04 Å². The van der Waals surface area contributed by atoms with Crippen molar-refractivity contribution in [2.45, 2.75) is 25.8 Å². The molecule has 3 aromatic rings. The molecule has 4 rings (SSSR count). The molecule has 1 aliphatic heterocycles. The summed E-state index contributed by atoms with van der Waals surface area (Å²) >= 11 is 1.68. The van der Waals surface area contributed by atoms with Crippen molar-refractivity contribution in [2.75, 3.05) is 18.5 Å². The van der Waals surface area contributed by atoms with E-state index >= 15 is 0 Å². The van der Waals surface area contributed by atoms with Crippen LogP contribution in [0.3, 0.4) is 0 Å². The molecule has 2 aromatic carbocycles. The molecular formula is C21H23N3O2S. The zero-order valence-corrected chi connectivity index (χ0v) is 16.1. The number of rotatable bonds is 4. The van der Waals surface area contributed by atoms with Gasteiger partial charge in [0, 0.05) is 24.5 Å². The molecule has 1 fully saturated rings. The number of anilines is 1. The Morgan fingerprint density at radius 2 is 1.96 bits per heavy atom. The van der Waals surface area contributed by atoms with Crippen LogP contribution in [0.25, 0.3) is 20.8 Å². The average molecular weight is 382 g/mol. The molecule has 0 spiro atoms. The number of aromatic nitrogens is 1. The first kappa shape index (κ1) is 18.1. The fraction of sp³-hybridized carbons (Fsp3) is 0.333. The average Bonchev–Trinajstić information content (AvgIpc) is 3.11. The van der Waals surface area contributed by atoms with E-state index in [1.807, 2.05) is 24.3 Å². The summed E-state index contributed by atoms with van der Waals surface area (Å²) in [7, 11) is 0. The highest BCUT2D eigenvalue weighted by molar-refractivity contribution is 7.21. The second-order valence-electron chi connectivity index (χ2n) is 7.03. The first-order chi connectivity index (χ1) is 13.1. The van der Waals surface area contributed by atoms with E-state index in [4.69, 9.17) is 15.5 Å². The molecule has 1 unspecified atom stereocenters. The predicted molar refractivity (Wildman–Crippen MR) is 110 cm³/mol. The number of fused-ring (bicyclic) bond motifs is 1. The van der Waals surface area contributed by atoms with Crippen LogP contribution >= 0.6 is 11.3 Å². The Labute approximate surface area is 162 Å². The number of hydrogen-bond donors (Lipinski definition) is 2. The lowest BCUT2D eigenvalue weighted by Gasteiger charge is -2.26. The van der Waals surface area contributed by atoms with Gasteiger partial charge in [-0.2, -0.15) is 0 Å². The van der Waals surface area contributed by atoms with E-state index in [1.165, 1.54) is 10.3 Å². The minimum absolute atomic E-state index is 0.134. The molecule has 6 heteroatoms. The molecule has 0 aliphatic carbocycles. The minimum atomic E-state index is -0.499. The van der Waals surface area contributed by atoms with Crippen LogP contribution < -0.4 is 11.1 Å². The molecule has 1 atom stereocenters. The van der Waals surface area contributed by atoms with Gasteiger partial charge >= 0.3 is 0 Å². The lowest BCUT2D eigenvalue weighted by molar-refractivity contribution is -0.119. The zero-order chi connectivity index (χ0) is 18.8. The van der Waals surface area contributed by atoms with Gasteiger partial charge in [-0.25, -0.2) is 4.98 Å². The number of nitrogens with zero attached hydrogens (tertiary/aromatic N) is 1. The van der Waals surface area contributed by atoms with Crippen molar-refractivity contribution in [2.24, 2.45) is 11.7 Å². The van der Waals surface area contributed by atoms with Crippen LogP contribution in [0.5, 0.6) is 0 Å². The van der Waals surface area contributed by atoms with E-state index in [0.29, 0.717) is 13.2 Å². The Bertz CT molecular complexity index is 946. The van der Waals surface area contributed by atoms with Crippen LogP contribution in [0, 0.1) is 12.8 Å². The molecule has 0 saturated carbocycles. The summed E-state index contributed by atoms with van der Waals surface area (Å²) < 4.78 is 6.52. The number of nitrogens with two attached hydrogens (primary N) is 1. The number of amides is 1. The molecule has 5 nitrogen and oxygen atoms in total. The van der Waals surface area contributed by atoms with Crippen molar-refractivity contribution < 1.29 is 9.53 Å². The van der Waals surface area contributed by atoms with Crippen LogP contribution in [0.4, 0.5) is 5.69 Å². The molecule has 1 aromatic heterocycles. The first-order valence-corrected chi connectivity index (χ1v) is 10.0. The smallest absolute Gasteiger partial charge is 0.241 e. The van der Waals surface area contributed by atoms with Gasteiger partial charge in [-0.1, -0.05) is 6.07 Å². The van der Waals surface area contributed by atoms with E-state index in [2.05, 4.69) is 30.4 Å². The van der Waals surface area contributed by atoms with E-state index in [-0.39, 0.29) is 11.8 Å². The molecule has 140 valence electrons. The number of carbonyl (C=O) groups excluding carboxylic acids is 1. The maximum absolute atomic E-state index is 12.4. The predicted octanol–water partition coefficient (Wildman–Crippen LogP) is 3.96. The van der Waals surface area contributed by atoms with Gasteiger partial charge in [0.05, 0.1) is 16.3 Å². The molecule has 1 amide bonds. The standard InChI is InChI=1S/C21H23N3O2S/c1-13-2-7-17-18(12-13)27-21(24-17)15-3-5-16(6-4-15)23-20(25)19(22)14-8-10-26-11-9-14/h2-7,12,14,19H,8-11,22H2,1H3,(H,23,25). The van der Waals surface area contributed by atoms with E-state index in [9.17, 15) is 4.79 Å². The van der Waals surface area contributed by atoms with Crippen molar-refractivity contribution in [3.8, 4) is 10.6 Å². The highest BCUT2D eigenvalue weighted by Gasteiger charge is 2.26. The Kier molecular flexibility index (Phi) is 5.20. The number of nitrogens with one attached hydrogen (secondary N) is 1. The summed E-state index contributed by atoms with van der Waals surface area (Å²) in [5.74, 6) is 0.0503. The molecule has 27 heavy (non-hydrogen) atoms. The second kappa shape index (κ2) is 7.76. The SMILES string of the molecule is Cc1ccc2nc(-c3ccc(NC(=O)C(N)C4CCOCC4)cc3)sc2c1. The van der Waals surface area contributed by atoms with Crippen LogP contribution in [0.2, 0.25) is 0 Å². The minimum Gasteiger partial charge on any atom is -0.381 e. The lowest BCUT2D eigenvalue weighted by Crippen LogP contribution is -2.43. The quantitative estimate of drug-likeness (QED) is 0.717. The third-order valence-corrected chi connectivity index (χ3v) is 6.09. The molecule has 0 radical (unpaired) electrons. The van der Waals surface area contributed by atoms with Crippen molar-refractivity contribution in [3.05, 3.63) is 48.0 Å². The van der Waals surface area contributed by atoms with E-state index in [0.717, 1.165) is 34.6 Å². The fourth-order valence-electron chi connectivity index (χ4n) is 3.37. The molecule has 0 bridgehead atoms. The monoisotopic (exact) mass is 381 g/mol. The zero-order valence-electron chi connectivity index (χ0n) is 15.3. The largest absolute Gasteiger partial charge is 0.381 e. The molecule has 1 saturated heterocycles. The first-order valence-electron chi connectivity index (χ1n) is 9.22. The van der Waals surface area contributed by atoms with Gasteiger partial charge in [-0.3, -0.25) is 4.79 Å². The van der Waals surface area contributed by atoms with Crippen molar-refractivity contribution in [1.29, 1.82) is 0 Å². The van der Waals surface area contributed by atoms with Gasteiger partial charge in [-0.15, -0.1) is 11.3 Å². The summed E-state index contributed by atoms with van der Waals surface area (Å²) in [5, 5.41) is 3.91. The van der Waals surface area contributed by atoms with Gasteiger partial charge in [0.1, 0.15) is 5.01 Å². The van der Waals surface area contributed by atoms with Crippen molar-refractivity contribution >= 4 is 33.1 Å². The molecular weight excluding hydrogens is 358 g/mol. The number of hydrogen-bond acceptors (Lipinski definition) is 5. The second-order valence-corrected chi connectivity index (χ2v) is 8.06. The molecule has 3 N–H and O–H groups in total. The number of carbonyl (C=O) groups is 1. The topological polar surface area (TPSA) is 77.2 Å². The molecule has 1 aliphatic rings. The van der Waals surface area contributed by atoms with Gasteiger partial charge in [0.15, 0.2) is 0 Å².